The topological polar surface area (TPSA) is 38.9 Å². The number of pyridine rings is 1. The molecule has 2 nitrogen and oxygen atoms in total. The first-order valence-electron chi connectivity index (χ1n) is 6.28. The molecule has 19 heavy (non-hydrogen) atoms. The summed E-state index contributed by atoms with van der Waals surface area (Å²) in [5.41, 5.74) is 8.71. The van der Waals surface area contributed by atoms with Gasteiger partial charge in [0.25, 0.3) is 0 Å². The Bertz CT molecular complexity index is 586. The highest BCUT2D eigenvalue weighted by Crippen LogP contribution is 2.53. The Labute approximate surface area is 129 Å². The monoisotopic (exact) mass is 380 g/mol. The molecule has 0 bridgehead atoms. The van der Waals surface area contributed by atoms with E-state index in [1.54, 1.807) is 6.20 Å². The van der Waals surface area contributed by atoms with Crippen LogP contribution in [-0.4, -0.2) is 4.98 Å². The molecule has 4 heteroatoms. The Morgan fingerprint density at radius 2 is 1.95 bits per heavy atom. The van der Waals surface area contributed by atoms with E-state index in [1.165, 1.54) is 5.56 Å². The van der Waals surface area contributed by atoms with E-state index in [2.05, 4.69) is 61.1 Å². The van der Waals surface area contributed by atoms with Crippen molar-refractivity contribution in [2.24, 2.45) is 11.7 Å². The van der Waals surface area contributed by atoms with Crippen molar-refractivity contribution in [3.63, 3.8) is 0 Å². The van der Waals surface area contributed by atoms with Crippen molar-refractivity contribution in [3.8, 4) is 0 Å². The second-order valence-electron chi connectivity index (χ2n) is 4.96. The number of aromatic nitrogens is 1. The zero-order chi connectivity index (χ0) is 13.4. The molecule has 1 aromatic carbocycles. The molecule has 1 saturated carbocycles. The van der Waals surface area contributed by atoms with Crippen LogP contribution in [0.4, 0.5) is 0 Å². The van der Waals surface area contributed by atoms with Crippen LogP contribution in [0, 0.1) is 5.92 Å². The number of hydrogen-bond donors (Lipinski definition) is 1. The molecule has 1 fully saturated rings. The third-order valence-corrected chi connectivity index (χ3v) is 4.75. The van der Waals surface area contributed by atoms with Crippen molar-refractivity contribution in [3.05, 3.63) is 62.8 Å². The van der Waals surface area contributed by atoms with Gasteiger partial charge in [-0.3, -0.25) is 4.98 Å². The van der Waals surface area contributed by atoms with Crippen LogP contribution in [0.2, 0.25) is 0 Å². The van der Waals surface area contributed by atoms with Gasteiger partial charge in [-0.1, -0.05) is 30.3 Å². The van der Waals surface area contributed by atoms with Gasteiger partial charge in [0.05, 0.1) is 11.7 Å². The predicted octanol–water partition coefficient (Wildman–Crippen LogP) is 4.41. The van der Waals surface area contributed by atoms with Crippen LogP contribution in [0.5, 0.6) is 0 Å². The summed E-state index contributed by atoms with van der Waals surface area (Å²) in [6, 6.07) is 12.6. The maximum Gasteiger partial charge on any atom is 0.0716 e. The molecule has 2 N–H and O–H groups in total. The standard InChI is InChI=1S/C15H14Br2N2/c16-10-6-13(17)15(19-8-10)14(18)12-7-11(12)9-4-2-1-3-5-9/h1-6,8,11-12,14H,7,18H2. The molecule has 1 aliphatic rings. The molecule has 3 atom stereocenters. The number of halogens is 2. The first kappa shape index (κ1) is 13.3. The Morgan fingerprint density at radius 1 is 1.21 bits per heavy atom. The highest BCUT2D eigenvalue weighted by atomic mass is 79.9. The van der Waals surface area contributed by atoms with Crippen LogP contribution in [0.1, 0.15) is 29.6 Å². The van der Waals surface area contributed by atoms with E-state index in [9.17, 15) is 0 Å². The quantitative estimate of drug-likeness (QED) is 0.855. The van der Waals surface area contributed by atoms with E-state index in [-0.39, 0.29) is 6.04 Å². The minimum absolute atomic E-state index is 0.00678. The van der Waals surface area contributed by atoms with Crippen LogP contribution < -0.4 is 5.73 Å². The number of nitrogens with two attached hydrogens (primary N) is 1. The summed E-state index contributed by atoms with van der Waals surface area (Å²) in [6.45, 7) is 0. The maximum atomic E-state index is 6.37. The molecule has 2 aromatic rings. The smallest absolute Gasteiger partial charge is 0.0716 e. The Morgan fingerprint density at radius 3 is 2.63 bits per heavy atom. The molecule has 1 aromatic heterocycles. The molecule has 0 aliphatic heterocycles. The van der Waals surface area contributed by atoms with Gasteiger partial charge >= 0.3 is 0 Å². The Balaban J connectivity index is 1.78. The summed E-state index contributed by atoms with van der Waals surface area (Å²) in [4.78, 5) is 4.45. The number of rotatable bonds is 3. The largest absolute Gasteiger partial charge is 0.322 e. The van der Waals surface area contributed by atoms with E-state index in [4.69, 9.17) is 5.73 Å². The van der Waals surface area contributed by atoms with Gasteiger partial charge in [-0.25, -0.2) is 0 Å². The van der Waals surface area contributed by atoms with Gasteiger partial charge in [0.15, 0.2) is 0 Å². The maximum absolute atomic E-state index is 6.37. The van der Waals surface area contributed by atoms with Crippen LogP contribution in [-0.2, 0) is 0 Å². The molecule has 1 aliphatic carbocycles. The van der Waals surface area contributed by atoms with Gasteiger partial charge in [0, 0.05) is 15.1 Å². The summed E-state index contributed by atoms with van der Waals surface area (Å²) in [5, 5.41) is 0. The third-order valence-electron chi connectivity index (χ3n) is 3.68. The molecule has 0 radical (unpaired) electrons. The molecular formula is C15H14Br2N2. The number of benzene rings is 1. The minimum atomic E-state index is -0.00678. The van der Waals surface area contributed by atoms with Crippen molar-refractivity contribution in [1.29, 1.82) is 0 Å². The Kier molecular flexibility index (Phi) is 3.74. The number of hydrogen-bond acceptors (Lipinski definition) is 2. The molecule has 3 unspecified atom stereocenters. The van der Waals surface area contributed by atoms with Crippen molar-refractivity contribution in [2.45, 2.75) is 18.4 Å². The summed E-state index contributed by atoms with van der Waals surface area (Å²) in [5.74, 6) is 1.07. The molecule has 98 valence electrons. The SMILES string of the molecule is NC(c1ncc(Br)cc1Br)C1CC1c1ccccc1. The van der Waals surface area contributed by atoms with Gasteiger partial charge in [0.1, 0.15) is 0 Å². The van der Waals surface area contributed by atoms with Crippen molar-refractivity contribution in [2.75, 3.05) is 0 Å². The van der Waals surface area contributed by atoms with E-state index in [0.717, 1.165) is 21.1 Å². The van der Waals surface area contributed by atoms with Gasteiger partial charge < -0.3 is 5.73 Å². The second kappa shape index (κ2) is 5.35. The van der Waals surface area contributed by atoms with Gasteiger partial charge in [-0.2, -0.15) is 0 Å². The van der Waals surface area contributed by atoms with E-state index in [0.29, 0.717) is 11.8 Å². The number of nitrogens with zero attached hydrogens (tertiary/aromatic N) is 1. The lowest BCUT2D eigenvalue weighted by molar-refractivity contribution is 0.595. The lowest BCUT2D eigenvalue weighted by Crippen LogP contribution is -2.15. The van der Waals surface area contributed by atoms with E-state index in [1.807, 2.05) is 12.1 Å². The van der Waals surface area contributed by atoms with Crippen molar-refractivity contribution in [1.82, 2.24) is 4.98 Å². The molecule has 0 amide bonds. The van der Waals surface area contributed by atoms with Gasteiger partial charge in [-0.15, -0.1) is 0 Å². The molecular weight excluding hydrogens is 368 g/mol. The van der Waals surface area contributed by atoms with Gasteiger partial charge in [-0.05, 0) is 61.7 Å². The zero-order valence-corrected chi connectivity index (χ0v) is 13.4. The fraction of sp³-hybridized carbons (Fsp3) is 0.267. The van der Waals surface area contributed by atoms with Crippen molar-refractivity contribution < 1.29 is 0 Å². The summed E-state index contributed by atoms with van der Waals surface area (Å²) >= 11 is 6.96. The van der Waals surface area contributed by atoms with Crippen LogP contribution >= 0.6 is 31.9 Å². The first-order chi connectivity index (χ1) is 9.16. The van der Waals surface area contributed by atoms with Crippen molar-refractivity contribution >= 4 is 31.9 Å². The fourth-order valence-corrected chi connectivity index (χ4v) is 3.82. The van der Waals surface area contributed by atoms with Crippen LogP contribution in [0.3, 0.4) is 0 Å². The van der Waals surface area contributed by atoms with Crippen LogP contribution in [0.25, 0.3) is 0 Å². The summed E-state index contributed by atoms with van der Waals surface area (Å²) in [7, 11) is 0. The third kappa shape index (κ3) is 2.76. The van der Waals surface area contributed by atoms with E-state index >= 15 is 0 Å². The highest BCUT2D eigenvalue weighted by Gasteiger charge is 2.43. The molecule has 1 heterocycles. The van der Waals surface area contributed by atoms with Gasteiger partial charge in [0.2, 0.25) is 0 Å². The summed E-state index contributed by atoms with van der Waals surface area (Å²) < 4.78 is 1.94. The highest BCUT2D eigenvalue weighted by molar-refractivity contribution is 9.11. The zero-order valence-electron chi connectivity index (χ0n) is 10.3. The normalized spacial score (nSPS) is 23.1. The lowest BCUT2D eigenvalue weighted by Gasteiger charge is -2.13. The first-order valence-corrected chi connectivity index (χ1v) is 7.87. The fourth-order valence-electron chi connectivity index (χ4n) is 2.57. The average molecular weight is 382 g/mol. The van der Waals surface area contributed by atoms with E-state index < -0.39 is 0 Å². The molecule has 0 spiro atoms. The molecule has 0 saturated heterocycles. The summed E-state index contributed by atoms with van der Waals surface area (Å²) in [6.07, 6.45) is 2.95. The second-order valence-corrected chi connectivity index (χ2v) is 6.73. The Hall–Kier alpha value is -0.710. The minimum Gasteiger partial charge on any atom is -0.322 e. The molecule has 3 rings (SSSR count). The van der Waals surface area contributed by atoms with Crippen LogP contribution in [0.15, 0.2) is 51.5 Å². The lowest BCUT2D eigenvalue weighted by atomic mass is 10.0. The average Bonchev–Trinajstić information content (AvgIpc) is 3.19. The predicted molar refractivity (Wildman–Crippen MR) is 83.9 cm³/mol.